The second-order valence-electron chi connectivity index (χ2n) is 8.48. The van der Waals surface area contributed by atoms with Gasteiger partial charge in [0.25, 0.3) is 10.0 Å². The summed E-state index contributed by atoms with van der Waals surface area (Å²) >= 11 is 5.93. The summed E-state index contributed by atoms with van der Waals surface area (Å²) in [5.41, 5.74) is 1.26. The lowest BCUT2D eigenvalue weighted by Crippen LogP contribution is -2.42. The molecule has 1 saturated heterocycles. The molecule has 0 saturated carbocycles. The summed E-state index contributed by atoms with van der Waals surface area (Å²) in [6.07, 6.45) is 3.29. The Balaban J connectivity index is 1.66. The fourth-order valence-electron chi connectivity index (χ4n) is 3.88. The van der Waals surface area contributed by atoms with E-state index in [1.165, 1.54) is 41.4 Å². The van der Waals surface area contributed by atoms with Gasteiger partial charge >= 0.3 is 0 Å². The predicted octanol–water partition coefficient (Wildman–Crippen LogP) is 4.08. The van der Waals surface area contributed by atoms with Gasteiger partial charge in [0.2, 0.25) is 5.91 Å². The van der Waals surface area contributed by atoms with E-state index in [9.17, 15) is 13.2 Å². The SMILES string of the molecule is Cc1ccccc1N(CC(=O)NCCCN1CCC(C)CC1)S(=O)(=O)c1ccc(Cl)cc1. The molecule has 0 bridgehead atoms. The number of hydrogen-bond acceptors (Lipinski definition) is 4. The molecule has 8 heteroatoms. The molecule has 174 valence electrons. The monoisotopic (exact) mass is 477 g/mol. The van der Waals surface area contributed by atoms with Gasteiger partial charge in [0.15, 0.2) is 0 Å². The summed E-state index contributed by atoms with van der Waals surface area (Å²) in [5.74, 6) is 0.471. The molecule has 1 aliphatic rings. The molecule has 0 unspecified atom stereocenters. The molecule has 1 aliphatic heterocycles. The third kappa shape index (κ3) is 6.47. The van der Waals surface area contributed by atoms with Gasteiger partial charge < -0.3 is 10.2 Å². The molecule has 0 aromatic heterocycles. The van der Waals surface area contributed by atoms with E-state index in [1.807, 2.05) is 19.1 Å². The first-order valence-electron chi connectivity index (χ1n) is 11.1. The van der Waals surface area contributed by atoms with Crippen LogP contribution >= 0.6 is 11.6 Å². The van der Waals surface area contributed by atoms with E-state index in [-0.39, 0.29) is 17.3 Å². The van der Waals surface area contributed by atoms with Crippen molar-refractivity contribution in [3.8, 4) is 0 Å². The molecule has 0 aliphatic carbocycles. The van der Waals surface area contributed by atoms with Gasteiger partial charge in [-0.05, 0) is 87.6 Å². The number of para-hydroxylation sites is 1. The van der Waals surface area contributed by atoms with Gasteiger partial charge in [-0.1, -0.05) is 36.7 Å². The van der Waals surface area contributed by atoms with Crippen LogP contribution in [-0.2, 0) is 14.8 Å². The third-order valence-electron chi connectivity index (χ3n) is 5.92. The maximum Gasteiger partial charge on any atom is 0.264 e. The highest BCUT2D eigenvalue weighted by molar-refractivity contribution is 7.92. The van der Waals surface area contributed by atoms with Gasteiger partial charge in [-0.25, -0.2) is 8.42 Å². The zero-order valence-electron chi connectivity index (χ0n) is 18.8. The molecule has 2 aromatic carbocycles. The average Bonchev–Trinajstić information content (AvgIpc) is 2.77. The Morgan fingerprint density at radius 1 is 1.12 bits per heavy atom. The Hall–Kier alpha value is -2.09. The molecule has 1 heterocycles. The van der Waals surface area contributed by atoms with Gasteiger partial charge in [0.05, 0.1) is 10.6 Å². The van der Waals surface area contributed by atoms with E-state index in [0.29, 0.717) is 17.3 Å². The first-order chi connectivity index (χ1) is 15.3. The summed E-state index contributed by atoms with van der Waals surface area (Å²) in [6, 6.07) is 13.1. The molecular weight excluding hydrogens is 446 g/mol. The number of aryl methyl sites for hydroxylation is 1. The minimum atomic E-state index is -3.94. The quantitative estimate of drug-likeness (QED) is 0.552. The van der Waals surface area contributed by atoms with Crippen molar-refractivity contribution in [1.29, 1.82) is 0 Å². The van der Waals surface area contributed by atoms with E-state index in [0.717, 1.165) is 37.5 Å². The Morgan fingerprint density at radius 2 is 1.78 bits per heavy atom. The number of amides is 1. The average molecular weight is 478 g/mol. The fourth-order valence-corrected chi connectivity index (χ4v) is 5.49. The lowest BCUT2D eigenvalue weighted by molar-refractivity contribution is -0.119. The van der Waals surface area contributed by atoms with Crippen LogP contribution in [0, 0.1) is 12.8 Å². The number of hydrogen-bond donors (Lipinski definition) is 1. The molecule has 6 nitrogen and oxygen atoms in total. The summed E-state index contributed by atoms with van der Waals surface area (Å²) in [7, 11) is -3.94. The molecule has 0 atom stereocenters. The van der Waals surface area contributed by atoms with Gasteiger partial charge in [-0.3, -0.25) is 9.10 Å². The summed E-state index contributed by atoms with van der Waals surface area (Å²) in [4.78, 5) is 15.2. The fraction of sp³-hybridized carbons (Fsp3) is 0.458. The minimum absolute atomic E-state index is 0.0947. The summed E-state index contributed by atoms with van der Waals surface area (Å²) < 4.78 is 28.0. The van der Waals surface area contributed by atoms with Gasteiger partial charge in [-0.2, -0.15) is 0 Å². The Morgan fingerprint density at radius 3 is 2.44 bits per heavy atom. The van der Waals surface area contributed by atoms with Crippen molar-refractivity contribution >= 4 is 33.2 Å². The molecule has 0 radical (unpaired) electrons. The van der Waals surface area contributed by atoms with Crippen LogP contribution in [-0.4, -0.2) is 51.9 Å². The molecule has 0 spiro atoms. The van der Waals surface area contributed by atoms with Crippen LogP contribution in [0.5, 0.6) is 0 Å². The molecule has 32 heavy (non-hydrogen) atoms. The highest BCUT2D eigenvalue weighted by Crippen LogP contribution is 2.27. The highest BCUT2D eigenvalue weighted by Gasteiger charge is 2.28. The number of rotatable bonds is 9. The third-order valence-corrected chi connectivity index (χ3v) is 7.95. The Bertz CT molecular complexity index is 1000. The van der Waals surface area contributed by atoms with Crippen molar-refractivity contribution in [3.63, 3.8) is 0 Å². The number of sulfonamides is 1. The number of halogens is 1. The number of benzene rings is 2. The summed E-state index contributed by atoms with van der Waals surface area (Å²) in [6.45, 7) is 7.51. The lowest BCUT2D eigenvalue weighted by Gasteiger charge is -2.30. The number of carbonyl (C=O) groups excluding carboxylic acids is 1. The first kappa shape index (κ1) is 24.6. The highest BCUT2D eigenvalue weighted by atomic mass is 35.5. The van der Waals surface area contributed by atoms with Crippen LogP contribution in [0.2, 0.25) is 5.02 Å². The normalized spacial score (nSPS) is 15.5. The zero-order valence-corrected chi connectivity index (χ0v) is 20.3. The minimum Gasteiger partial charge on any atom is -0.354 e. The number of piperidine rings is 1. The van der Waals surface area contributed by atoms with E-state index >= 15 is 0 Å². The molecule has 1 fully saturated rings. The zero-order chi connectivity index (χ0) is 23.1. The second kappa shape index (κ2) is 11.2. The van der Waals surface area contributed by atoms with Crippen molar-refractivity contribution in [1.82, 2.24) is 10.2 Å². The van der Waals surface area contributed by atoms with Crippen molar-refractivity contribution in [2.45, 2.75) is 38.0 Å². The molecule has 1 amide bonds. The van der Waals surface area contributed by atoms with E-state index in [1.54, 1.807) is 12.1 Å². The van der Waals surface area contributed by atoms with Crippen LogP contribution in [0.1, 0.15) is 31.7 Å². The Labute approximate surface area is 196 Å². The number of anilines is 1. The van der Waals surface area contributed by atoms with Crippen molar-refractivity contribution in [2.75, 3.05) is 37.0 Å². The lowest BCUT2D eigenvalue weighted by atomic mass is 9.99. The molecular formula is C24H32ClN3O3S. The van der Waals surface area contributed by atoms with Crippen LogP contribution in [0.4, 0.5) is 5.69 Å². The second-order valence-corrected chi connectivity index (χ2v) is 10.8. The number of likely N-dealkylation sites (tertiary alicyclic amines) is 1. The maximum absolute atomic E-state index is 13.4. The molecule has 3 rings (SSSR count). The maximum atomic E-state index is 13.4. The van der Waals surface area contributed by atoms with Crippen LogP contribution in [0.25, 0.3) is 0 Å². The van der Waals surface area contributed by atoms with Crippen molar-refractivity contribution in [2.24, 2.45) is 5.92 Å². The standard InChI is InChI=1S/C24H32ClN3O3S/c1-19-12-16-27(17-13-19)15-5-14-26-24(29)18-28(23-7-4-3-6-20(23)2)32(30,31)22-10-8-21(25)9-11-22/h3-4,6-11,19H,5,12-18H2,1-2H3,(H,26,29). The topological polar surface area (TPSA) is 69.7 Å². The first-order valence-corrected chi connectivity index (χ1v) is 12.9. The summed E-state index contributed by atoms with van der Waals surface area (Å²) in [5, 5.41) is 3.34. The van der Waals surface area contributed by atoms with Gasteiger partial charge in [-0.15, -0.1) is 0 Å². The van der Waals surface area contributed by atoms with Crippen molar-refractivity contribution < 1.29 is 13.2 Å². The predicted molar refractivity (Wildman–Crippen MR) is 130 cm³/mol. The number of nitrogens with zero attached hydrogens (tertiary/aromatic N) is 2. The molecule has 2 aromatic rings. The van der Waals surface area contributed by atoms with E-state index in [4.69, 9.17) is 11.6 Å². The van der Waals surface area contributed by atoms with Crippen molar-refractivity contribution in [3.05, 3.63) is 59.1 Å². The van der Waals surface area contributed by atoms with Gasteiger partial charge in [0.1, 0.15) is 6.54 Å². The van der Waals surface area contributed by atoms with Crippen LogP contribution < -0.4 is 9.62 Å². The van der Waals surface area contributed by atoms with E-state index < -0.39 is 10.0 Å². The smallest absolute Gasteiger partial charge is 0.264 e. The molecule has 1 N–H and O–H groups in total. The largest absolute Gasteiger partial charge is 0.354 e. The Kier molecular flexibility index (Phi) is 8.57. The van der Waals surface area contributed by atoms with Gasteiger partial charge in [0, 0.05) is 11.6 Å². The van der Waals surface area contributed by atoms with Crippen LogP contribution in [0.3, 0.4) is 0 Å². The van der Waals surface area contributed by atoms with Crippen LogP contribution in [0.15, 0.2) is 53.4 Å². The van der Waals surface area contributed by atoms with E-state index in [2.05, 4.69) is 17.1 Å². The number of carbonyl (C=O) groups is 1. The number of nitrogens with one attached hydrogen (secondary N) is 1.